The number of carboxylic acids is 1. The molecular weight excluding hydrogens is 312 g/mol. The maximum atomic E-state index is 12.7. The van der Waals surface area contributed by atoms with Crippen LogP contribution in [-0.2, 0) is 19.1 Å². The molecule has 0 aromatic rings. The van der Waals surface area contributed by atoms with Crippen molar-refractivity contribution in [2.45, 2.75) is 70.6 Å². The van der Waals surface area contributed by atoms with E-state index in [-0.39, 0.29) is 18.2 Å². The summed E-state index contributed by atoms with van der Waals surface area (Å²) in [5.74, 6) is -1.92. The molecule has 1 rings (SSSR count). The number of ether oxygens (including phenoxy) is 1. The maximum Gasteiger partial charge on any atom is 0.327 e. The molecule has 2 N–H and O–H groups in total. The van der Waals surface area contributed by atoms with Gasteiger partial charge in [-0.15, -0.1) is 0 Å². The normalized spacial score (nSPS) is 18.0. The SMILES string of the molecule is CNC(C(=O)N(C)[C@@H](CC(=O)OC(C)(C)C)C(=O)O)C1CCCC1. The molecule has 7 heteroatoms. The molecule has 138 valence electrons. The molecule has 2 atom stereocenters. The lowest BCUT2D eigenvalue weighted by Gasteiger charge is -2.31. The number of esters is 1. The molecular formula is C17H30N2O5. The average molecular weight is 342 g/mol. The van der Waals surface area contributed by atoms with Crippen LogP contribution in [0.3, 0.4) is 0 Å². The molecule has 0 aliphatic heterocycles. The summed E-state index contributed by atoms with van der Waals surface area (Å²) in [7, 11) is 3.14. The lowest BCUT2D eigenvalue weighted by atomic mass is 9.96. The standard InChI is InChI=1S/C17H30N2O5/c1-17(2,3)24-13(20)10-12(16(22)23)19(5)15(21)14(18-4)11-8-6-7-9-11/h11-12,14,18H,6-10H2,1-5H3,(H,22,23)/t12-,14?/m0/s1. The van der Waals surface area contributed by atoms with Crippen molar-refractivity contribution < 1.29 is 24.2 Å². The number of hydrogen-bond donors (Lipinski definition) is 2. The Morgan fingerprint density at radius 3 is 2.21 bits per heavy atom. The third-order valence-electron chi connectivity index (χ3n) is 4.33. The predicted molar refractivity (Wildman–Crippen MR) is 89.5 cm³/mol. The summed E-state index contributed by atoms with van der Waals surface area (Å²) in [6.45, 7) is 5.14. The lowest BCUT2D eigenvalue weighted by molar-refractivity contribution is -0.162. The quantitative estimate of drug-likeness (QED) is 0.679. The van der Waals surface area contributed by atoms with Gasteiger partial charge in [0.05, 0.1) is 12.5 Å². The lowest BCUT2D eigenvalue weighted by Crippen LogP contribution is -2.53. The first kappa shape index (κ1) is 20.4. The van der Waals surface area contributed by atoms with E-state index in [4.69, 9.17) is 4.74 Å². The Balaban J connectivity index is 2.80. The van der Waals surface area contributed by atoms with Crippen LogP contribution in [-0.4, -0.2) is 59.6 Å². The van der Waals surface area contributed by atoms with Crippen molar-refractivity contribution in [3.8, 4) is 0 Å². The average Bonchev–Trinajstić information content (AvgIpc) is 2.96. The fraction of sp³-hybridized carbons (Fsp3) is 0.824. The van der Waals surface area contributed by atoms with Gasteiger partial charge < -0.3 is 20.1 Å². The van der Waals surface area contributed by atoms with Gasteiger partial charge in [0.1, 0.15) is 11.6 Å². The minimum absolute atomic E-state index is 0.209. The van der Waals surface area contributed by atoms with Crippen LogP contribution in [0.4, 0.5) is 0 Å². The Kier molecular flexibility index (Phi) is 7.20. The Morgan fingerprint density at radius 2 is 1.79 bits per heavy atom. The Hall–Kier alpha value is -1.63. The fourth-order valence-electron chi connectivity index (χ4n) is 3.16. The minimum Gasteiger partial charge on any atom is -0.480 e. The van der Waals surface area contributed by atoms with Crippen molar-refractivity contribution in [3.63, 3.8) is 0 Å². The number of likely N-dealkylation sites (N-methyl/N-ethyl adjacent to an activating group) is 2. The third-order valence-corrected chi connectivity index (χ3v) is 4.33. The monoisotopic (exact) mass is 342 g/mol. The molecule has 0 aromatic carbocycles. The highest BCUT2D eigenvalue weighted by Crippen LogP contribution is 2.28. The van der Waals surface area contributed by atoms with Crippen molar-refractivity contribution in [2.75, 3.05) is 14.1 Å². The Morgan fingerprint density at radius 1 is 1.25 bits per heavy atom. The fourth-order valence-corrected chi connectivity index (χ4v) is 3.16. The van der Waals surface area contributed by atoms with Gasteiger partial charge in [-0.2, -0.15) is 0 Å². The Labute approximate surface area is 143 Å². The largest absolute Gasteiger partial charge is 0.480 e. The topological polar surface area (TPSA) is 95.9 Å². The third kappa shape index (κ3) is 5.78. The number of hydrogen-bond acceptors (Lipinski definition) is 5. The van der Waals surface area contributed by atoms with Crippen LogP contribution in [0, 0.1) is 5.92 Å². The summed E-state index contributed by atoms with van der Waals surface area (Å²) in [6, 6.07) is -1.65. The number of carbonyl (C=O) groups is 3. The minimum atomic E-state index is -1.23. The van der Waals surface area contributed by atoms with Crippen LogP contribution >= 0.6 is 0 Å². The number of nitrogens with one attached hydrogen (secondary N) is 1. The van der Waals surface area contributed by atoms with Crippen LogP contribution in [0.1, 0.15) is 52.9 Å². The zero-order chi connectivity index (χ0) is 18.5. The zero-order valence-corrected chi connectivity index (χ0v) is 15.3. The molecule has 1 aliphatic rings. The first-order valence-corrected chi connectivity index (χ1v) is 8.45. The molecule has 0 aromatic heterocycles. The molecule has 1 fully saturated rings. The molecule has 0 radical (unpaired) electrons. The van der Waals surface area contributed by atoms with Gasteiger partial charge >= 0.3 is 11.9 Å². The zero-order valence-electron chi connectivity index (χ0n) is 15.3. The predicted octanol–water partition coefficient (Wildman–Crippen LogP) is 1.41. The van der Waals surface area contributed by atoms with E-state index in [1.165, 1.54) is 7.05 Å². The molecule has 1 unspecified atom stereocenters. The number of carbonyl (C=O) groups excluding carboxylic acids is 2. The number of nitrogens with zero attached hydrogens (tertiary/aromatic N) is 1. The summed E-state index contributed by atoms with van der Waals surface area (Å²) in [6.07, 6.45) is 3.71. The van der Waals surface area contributed by atoms with Gasteiger partial charge in [0.2, 0.25) is 5.91 Å². The van der Waals surface area contributed by atoms with Crippen LogP contribution in [0.25, 0.3) is 0 Å². The summed E-state index contributed by atoms with van der Waals surface area (Å²) in [4.78, 5) is 37.4. The summed E-state index contributed by atoms with van der Waals surface area (Å²) in [5.41, 5.74) is -0.694. The van der Waals surface area contributed by atoms with Crippen molar-refractivity contribution >= 4 is 17.8 Å². The van der Waals surface area contributed by atoms with Crippen LogP contribution in [0.5, 0.6) is 0 Å². The van der Waals surface area contributed by atoms with E-state index in [0.29, 0.717) is 0 Å². The van der Waals surface area contributed by atoms with Crippen LogP contribution in [0.2, 0.25) is 0 Å². The number of amides is 1. The van der Waals surface area contributed by atoms with Gasteiger partial charge in [0, 0.05) is 7.05 Å². The summed E-state index contributed by atoms with van der Waals surface area (Å²) in [5, 5.41) is 12.4. The molecule has 7 nitrogen and oxygen atoms in total. The number of rotatable bonds is 7. The highest BCUT2D eigenvalue weighted by Gasteiger charge is 2.37. The van der Waals surface area contributed by atoms with E-state index >= 15 is 0 Å². The van der Waals surface area contributed by atoms with E-state index < -0.39 is 29.6 Å². The van der Waals surface area contributed by atoms with Gasteiger partial charge in [-0.25, -0.2) is 4.79 Å². The number of aliphatic carboxylic acids is 1. The van der Waals surface area contributed by atoms with Crippen molar-refractivity contribution in [1.29, 1.82) is 0 Å². The molecule has 24 heavy (non-hydrogen) atoms. The van der Waals surface area contributed by atoms with E-state index in [2.05, 4.69) is 5.32 Å². The second-order valence-corrected chi connectivity index (χ2v) is 7.40. The van der Waals surface area contributed by atoms with Crippen molar-refractivity contribution in [1.82, 2.24) is 10.2 Å². The maximum absolute atomic E-state index is 12.7. The van der Waals surface area contributed by atoms with Crippen LogP contribution < -0.4 is 5.32 Å². The molecule has 0 spiro atoms. The van der Waals surface area contributed by atoms with E-state index in [1.807, 2.05) is 0 Å². The molecule has 0 heterocycles. The molecule has 1 amide bonds. The molecule has 0 bridgehead atoms. The van der Waals surface area contributed by atoms with Crippen molar-refractivity contribution in [2.24, 2.45) is 5.92 Å². The first-order chi connectivity index (χ1) is 11.1. The van der Waals surface area contributed by atoms with Crippen molar-refractivity contribution in [3.05, 3.63) is 0 Å². The van der Waals surface area contributed by atoms with E-state index in [9.17, 15) is 19.5 Å². The second kappa shape index (κ2) is 8.46. The van der Waals surface area contributed by atoms with Gasteiger partial charge in [0.25, 0.3) is 0 Å². The van der Waals surface area contributed by atoms with Gasteiger partial charge in [-0.1, -0.05) is 12.8 Å². The van der Waals surface area contributed by atoms with Gasteiger partial charge in [0.15, 0.2) is 0 Å². The summed E-state index contributed by atoms with van der Waals surface area (Å²) < 4.78 is 5.18. The first-order valence-electron chi connectivity index (χ1n) is 8.45. The van der Waals surface area contributed by atoms with Crippen LogP contribution in [0.15, 0.2) is 0 Å². The highest BCUT2D eigenvalue weighted by molar-refractivity contribution is 5.89. The molecule has 1 aliphatic carbocycles. The van der Waals surface area contributed by atoms with E-state index in [0.717, 1.165) is 30.6 Å². The second-order valence-electron chi connectivity index (χ2n) is 7.40. The van der Waals surface area contributed by atoms with Gasteiger partial charge in [-0.05, 0) is 46.6 Å². The molecule has 0 saturated heterocycles. The van der Waals surface area contributed by atoms with E-state index in [1.54, 1.807) is 27.8 Å². The smallest absolute Gasteiger partial charge is 0.327 e. The highest BCUT2D eigenvalue weighted by atomic mass is 16.6. The molecule has 1 saturated carbocycles. The Bertz CT molecular complexity index is 466. The van der Waals surface area contributed by atoms with Gasteiger partial charge in [-0.3, -0.25) is 9.59 Å². The summed E-state index contributed by atoms with van der Waals surface area (Å²) >= 11 is 0. The number of carboxylic acid groups (broad SMARTS) is 1.